The molecule has 1 aliphatic rings. The number of hydrogen-bond acceptors (Lipinski definition) is 5. The van der Waals surface area contributed by atoms with E-state index in [2.05, 4.69) is 10.3 Å². The maximum atomic E-state index is 14.4. The predicted octanol–water partition coefficient (Wildman–Crippen LogP) is 4.98. The summed E-state index contributed by atoms with van der Waals surface area (Å²) < 4.78 is 30.1. The van der Waals surface area contributed by atoms with Crippen LogP contribution in [0.5, 0.6) is 0 Å². The van der Waals surface area contributed by atoms with Gasteiger partial charge in [-0.05, 0) is 6.42 Å². The van der Waals surface area contributed by atoms with E-state index in [1.54, 1.807) is 17.5 Å². The van der Waals surface area contributed by atoms with E-state index in [9.17, 15) is 23.5 Å². The summed E-state index contributed by atoms with van der Waals surface area (Å²) in [6.45, 7) is 1.55. The van der Waals surface area contributed by atoms with Gasteiger partial charge in [-0.25, -0.2) is 18.6 Å². The van der Waals surface area contributed by atoms with Gasteiger partial charge in [-0.2, -0.15) is 0 Å². The van der Waals surface area contributed by atoms with Gasteiger partial charge < -0.3 is 10.4 Å². The van der Waals surface area contributed by atoms with Crippen LogP contribution in [0, 0.1) is 5.92 Å². The number of thiophene rings is 1. The van der Waals surface area contributed by atoms with Crippen LogP contribution in [0.15, 0.2) is 40.9 Å². The van der Waals surface area contributed by atoms with E-state index in [1.807, 2.05) is 5.38 Å². The zero-order chi connectivity index (χ0) is 20.0. The summed E-state index contributed by atoms with van der Waals surface area (Å²) in [6, 6.07) is 0. The Morgan fingerprint density at radius 2 is 2.14 bits per heavy atom. The molecule has 3 aromatic heterocycles. The third-order valence-electron chi connectivity index (χ3n) is 4.40. The van der Waals surface area contributed by atoms with Crippen molar-refractivity contribution in [2.24, 2.45) is 5.92 Å². The summed E-state index contributed by atoms with van der Waals surface area (Å²) in [5.74, 6) is -4.48. The summed E-state index contributed by atoms with van der Waals surface area (Å²) in [5.41, 5.74) is -0.213. The van der Waals surface area contributed by atoms with Gasteiger partial charge >= 0.3 is 5.97 Å². The minimum atomic E-state index is -1.34. The number of anilines is 1. The molecule has 0 saturated heterocycles. The van der Waals surface area contributed by atoms with Crippen molar-refractivity contribution >= 4 is 50.1 Å². The Hall–Kier alpha value is -2.85. The first kappa shape index (κ1) is 18.5. The van der Waals surface area contributed by atoms with E-state index in [4.69, 9.17) is 0 Å². The summed E-state index contributed by atoms with van der Waals surface area (Å²) in [6.07, 6.45) is 5.01. The third-order valence-corrected chi connectivity index (χ3v) is 6.07. The van der Waals surface area contributed by atoms with Crippen molar-refractivity contribution in [1.82, 2.24) is 9.38 Å². The lowest BCUT2D eigenvalue weighted by molar-refractivity contribution is 0.0698. The Labute approximate surface area is 165 Å². The van der Waals surface area contributed by atoms with Crippen LogP contribution in [-0.4, -0.2) is 26.4 Å². The minimum absolute atomic E-state index is 0.0385. The number of allylic oxidation sites excluding steroid dienone is 4. The first-order chi connectivity index (χ1) is 13.4. The van der Waals surface area contributed by atoms with E-state index in [-0.39, 0.29) is 33.8 Å². The number of carboxylic acid groups (broad SMARTS) is 1. The number of fused-ring (bicyclic) bond motifs is 1. The number of carboxylic acids is 1. The van der Waals surface area contributed by atoms with E-state index < -0.39 is 29.4 Å². The van der Waals surface area contributed by atoms with E-state index in [1.165, 1.54) is 29.0 Å². The number of rotatable bonds is 4. The number of hydrogen-bond donors (Lipinski definition) is 2. The monoisotopic (exact) mass is 421 g/mol. The molecule has 0 radical (unpaired) electrons. The molecule has 4 rings (SSSR count). The molecule has 1 atom stereocenters. The van der Waals surface area contributed by atoms with Crippen molar-refractivity contribution in [3.63, 3.8) is 0 Å². The summed E-state index contributed by atoms with van der Waals surface area (Å²) >= 11 is 2.29. The Morgan fingerprint density at radius 1 is 1.36 bits per heavy atom. The average Bonchev–Trinajstić information content (AvgIpc) is 3.34. The number of carbonyl (C=O) groups excluding carboxylic acids is 1. The number of amides is 1. The highest BCUT2D eigenvalue weighted by molar-refractivity contribution is 7.15. The van der Waals surface area contributed by atoms with Gasteiger partial charge in [0.25, 0.3) is 5.91 Å². The number of aromatic nitrogens is 2. The number of nitrogens with one attached hydrogen (secondary N) is 1. The number of halogens is 2. The number of thiazole rings is 1. The van der Waals surface area contributed by atoms with E-state index in [0.717, 1.165) is 11.3 Å². The molecule has 3 aromatic rings. The molecule has 0 saturated carbocycles. The summed E-state index contributed by atoms with van der Waals surface area (Å²) in [4.78, 5) is 29.1. The lowest BCUT2D eigenvalue weighted by Crippen LogP contribution is -2.14. The largest absolute Gasteiger partial charge is 0.478 e. The van der Waals surface area contributed by atoms with E-state index >= 15 is 0 Å². The molecule has 2 N–H and O–H groups in total. The highest BCUT2D eigenvalue weighted by Gasteiger charge is 2.29. The van der Waals surface area contributed by atoms with E-state index in [0.29, 0.717) is 4.96 Å². The SMILES string of the molecule is CC1CC=C(c2csc(NC(=O)c3cn4ccsc4n3)c2C(=O)O)C(F)=C1F. The third kappa shape index (κ3) is 3.04. The van der Waals surface area contributed by atoms with Crippen molar-refractivity contribution in [1.29, 1.82) is 0 Å². The minimum Gasteiger partial charge on any atom is -0.478 e. The van der Waals surface area contributed by atoms with Gasteiger partial charge in [0.2, 0.25) is 0 Å². The molecule has 0 aromatic carbocycles. The Bertz CT molecular complexity index is 1140. The zero-order valence-corrected chi connectivity index (χ0v) is 16.0. The van der Waals surface area contributed by atoms with Gasteiger partial charge in [-0.15, -0.1) is 22.7 Å². The molecular weight excluding hydrogens is 408 g/mol. The Kier molecular flexibility index (Phi) is 4.60. The quantitative estimate of drug-likeness (QED) is 0.622. The fourth-order valence-corrected chi connectivity index (χ4v) is 4.57. The average molecular weight is 421 g/mol. The first-order valence-electron chi connectivity index (χ1n) is 8.21. The summed E-state index contributed by atoms with van der Waals surface area (Å²) in [7, 11) is 0. The molecule has 10 heteroatoms. The highest BCUT2D eigenvalue weighted by Crippen LogP contribution is 2.42. The number of imidazole rings is 1. The van der Waals surface area contributed by atoms with Crippen LogP contribution < -0.4 is 5.32 Å². The molecule has 1 amide bonds. The van der Waals surface area contributed by atoms with Gasteiger partial charge in [0.1, 0.15) is 22.1 Å². The van der Waals surface area contributed by atoms with Crippen LogP contribution in [0.1, 0.15) is 39.8 Å². The molecule has 28 heavy (non-hydrogen) atoms. The van der Waals surface area contributed by atoms with Crippen molar-refractivity contribution in [3.05, 3.63) is 57.7 Å². The fraction of sp³-hybridized carbons (Fsp3) is 0.167. The van der Waals surface area contributed by atoms with Crippen molar-refractivity contribution in [2.45, 2.75) is 13.3 Å². The molecule has 1 aliphatic carbocycles. The molecule has 0 bridgehead atoms. The fourth-order valence-electron chi connectivity index (χ4n) is 2.93. The number of nitrogens with zero attached hydrogens (tertiary/aromatic N) is 2. The van der Waals surface area contributed by atoms with Crippen LogP contribution in [-0.2, 0) is 0 Å². The smallest absolute Gasteiger partial charge is 0.339 e. The molecule has 3 heterocycles. The van der Waals surface area contributed by atoms with Gasteiger partial charge in [0, 0.05) is 40.2 Å². The standard InChI is InChI=1S/C18H13F2N3O3S2/c1-8-2-3-9(14(20)13(8)19)10-7-28-16(12(10)17(25)26)22-15(24)11-6-23-4-5-27-18(23)21-11/h3-8H,2H2,1H3,(H,22,24)(H,25,26). The molecule has 0 spiro atoms. The first-order valence-corrected chi connectivity index (χ1v) is 9.97. The second-order valence-corrected chi connectivity index (χ2v) is 8.00. The molecule has 144 valence electrons. The van der Waals surface area contributed by atoms with Gasteiger partial charge in [-0.1, -0.05) is 13.0 Å². The molecular formula is C18H13F2N3O3S2. The maximum Gasteiger partial charge on any atom is 0.339 e. The Balaban J connectivity index is 1.68. The lowest BCUT2D eigenvalue weighted by atomic mass is 9.91. The van der Waals surface area contributed by atoms with Gasteiger partial charge in [0.05, 0.1) is 0 Å². The predicted molar refractivity (Wildman–Crippen MR) is 103 cm³/mol. The lowest BCUT2D eigenvalue weighted by Gasteiger charge is -2.17. The topological polar surface area (TPSA) is 83.7 Å². The summed E-state index contributed by atoms with van der Waals surface area (Å²) in [5, 5.41) is 15.4. The Morgan fingerprint density at radius 3 is 2.86 bits per heavy atom. The molecule has 1 unspecified atom stereocenters. The second kappa shape index (κ2) is 6.95. The molecule has 0 aliphatic heterocycles. The normalized spacial score (nSPS) is 17.1. The van der Waals surface area contributed by atoms with Gasteiger partial charge in [-0.3, -0.25) is 9.20 Å². The van der Waals surface area contributed by atoms with Crippen LogP contribution in [0.2, 0.25) is 0 Å². The second-order valence-electron chi connectivity index (χ2n) is 6.25. The van der Waals surface area contributed by atoms with Crippen molar-refractivity contribution in [2.75, 3.05) is 5.32 Å². The highest BCUT2D eigenvalue weighted by atomic mass is 32.1. The van der Waals surface area contributed by atoms with Crippen LogP contribution >= 0.6 is 22.7 Å². The number of carbonyl (C=O) groups is 2. The van der Waals surface area contributed by atoms with Crippen molar-refractivity contribution < 1.29 is 23.5 Å². The molecule has 6 nitrogen and oxygen atoms in total. The van der Waals surface area contributed by atoms with Gasteiger partial charge in [0.15, 0.2) is 10.8 Å². The van der Waals surface area contributed by atoms with Crippen LogP contribution in [0.4, 0.5) is 13.8 Å². The van der Waals surface area contributed by atoms with Crippen LogP contribution in [0.3, 0.4) is 0 Å². The zero-order valence-electron chi connectivity index (χ0n) is 14.4. The van der Waals surface area contributed by atoms with Crippen molar-refractivity contribution in [3.8, 4) is 0 Å². The molecule has 0 fully saturated rings. The number of aromatic carboxylic acids is 1. The maximum absolute atomic E-state index is 14.4. The van der Waals surface area contributed by atoms with Crippen LogP contribution in [0.25, 0.3) is 10.5 Å².